The Balaban J connectivity index is 1.71. The average Bonchev–Trinajstić information content (AvgIpc) is 2.91. The van der Waals surface area contributed by atoms with Crippen LogP contribution in [0.3, 0.4) is 0 Å². The number of ether oxygens (including phenoxy) is 1. The van der Waals surface area contributed by atoms with Gasteiger partial charge in [-0.05, 0) is 57.4 Å². The second-order valence-corrected chi connectivity index (χ2v) is 8.10. The zero-order valence-electron chi connectivity index (χ0n) is 13.5. The molecule has 1 amide bonds. The average molecular weight is 474 g/mol. The highest BCUT2D eigenvalue weighted by Gasteiger charge is 2.30. The van der Waals surface area contributed by atoms with Gasteiger partial charge in [0.25, 0.3) is 5.91 Å². The molecule has 0 bridgehead atoms. The van der Waals surface area contributed by atoms with Crippen LogP contribution in [-0.2, 0) is 17.6 Å². The normalized spacial score (nSPS) is 15.9. The van der Waals surface area contributed by atoms with Crippen LogP contribution >= 0.6 is 39.9 Å². The summed E-state index contributed by atoms with van der Waals surface area (Å²) in [5, 5.41) is 2.54. The van der Waals surface area contributed by atoms with Crippen molar-refractivity contribution in [2.75, 3.05) is 0 Å². The Bertz CT molecular complexity index is 944. The van der Waals surface area contributed by atoms with Crippen molar-refractivity contribution in [3.05, 3.63) is 68.5 Å². The highest BCUT2D eigenvalue weighted by Crippen LogP contribution is 2.32. The molecule has 0 aromatic heterocycles. The van der Waals surface area contributed by atoms with Crippen molar-refractivity contribution in [3.8, 4) is 5.75 Å². The van der Waals surface area contributed by atoms with Crippen LogP contribution in [0.15, 0.2) is 51.8 Å². The molecule has 1 fully saturated rings. The minimum atomic E-state index is -4.39. The molecule has 1 aliphatic heterocycles. The molecule has 1 heterocycles. The Morgan fingerprint density at radius 1 is 1.22 bits per heavy atom. The van der Waals surface area contributed by atoms with E-state index in [4.69, 9.17) is 17.0 Å². The number of halogens is 4. The van der Waals surface area contributed by atoms with Gasteiger partial charge in [-0.25, -0.2) is 0 Å². The fourth-order valence-corrected chi connectivity index (χ4v) is 3.85. The number of nitrogens with one attached hydrogen (secondary N) is 1. The molecule has 1 N–H and O–H groups in total. The number of carbonyl (C=O) groups excluding carboxylic acids is 1. The maximum absolute atomic E-state index is 12.8. The molecule has 0 radical (unpaired) electrons. The first-order valence-electron chi connectivity index (χ1n) is 7.56. The topological polar surface area (TPSA) is 38.3 Å². The van der Waals surface area contributed by atoms with Crippen LogP contribution in [0.1, 0.15) is 16.7 Å². The quantitative estimate of drug-likeness (QED) is 0.467. The van der Waals surface area contributed by atoms with Gasteiger partial charge in [-0.3, -0.25) is 4.79 Å². The maximum atomic E-state index is 12.8. The summed E-state index contributed by atoms with van der Waals surface area (Å²) >= 11 is 9.50. The largest absolute Gasteiger partial charge is 0.488 e. The van der Waals surface area contributed by atoms with Gasteiger partial charge in [-0.15, -0.1) is 0 Å². The second-order valence-electron chi connectivity index (χ2n) is 5.53. The van der Waals surface area contributed by atoms with E-state index in [1.807, 2.05) is 0 Å². The van der Waals surface area contributed by atoms with Crippen LogP contribution in [0.2, 0.25) is 0 Å². The lowest BCUT2D eigenvalue weighted by atomic mass is 10.1. The fraction of sp³-hybridized carbons (Fsp3) is 0.111. The van der Waals surface area contributed by atoms with Crippen LogP contribution in [0.25, 0.3) is 6.08 Å². The lowest BCUT2D eigenvalue weighted by molar-refractivity contribution is -0.137. The summed E-state index contributed by atoms with van der Waals surface area (Å²) in [6.45, 7) is -0.00448. The van der Waals surface area contributed by atoms with Crippen LogP contribution in [0, 0.1) is 0 Å². The van der Waals surface area contributed by atoms with Crippen molar-refractivity contribution in [1.29, 1.82) is 0 Å². The number of thioether (sulfide) groups is 1. The number of hydrogen-bond donors (Lipinski definition) is 1. The molecule has 0 aliphatic carbocycles. The third kappa shape index (κ3) is 5.12. The zero-order chi connectivity index (χ0) is 19.6. The highest BCUT2D eigenvalue weighted by atomic mass is 79.9. The minimum absolute atomic E-state index is 0.00448. The van der Waals surface area contributed by atoms with Crippen molar-refractivity contribution in [2.24, 2.45) is 0 Å². The smallest absolute Gasteiger partial charge is 0.416 e. The Labute approximate surface area is 171 Å². The van der Waals surface area contributed by atoms with E-state index >= 15 is 0 Å². The van der Waals surface area contributed by atoms with Crippen molar-refractivity contribution in [2.45, 2.75) is 12.8 Å². The van der Waals surface area contributed by atoms with Crippen molar-refractivity contribution < 1.29 is 22.7 Å². The molecule has 0 spiro atoms. The van der Waals surface area contributed by atoms with Crippen LogP contribution < -0.4 is 10.1 Å². The molecular weight excluding hydrogens is 463 g/mol. The van der Waals surface area contributed by atoms with E-state index in [0.717, 1.165) is 17.7 Å². The predicted molar refractivity (Wildman–Crippen MR) is 106 cm³/mol. The molecule has 9 heteroatoms. The summed E-state index contributed by atoms with van der Waals surface area (Å²) in [6, 6.07) is 10.2. The number of thiocarbonyl (C=S) groups is 1. The zero-order valence-corrected chi connectivity index (χ0v) is 16.7. The molecular formula is C18H11BrF3NO2S2. The number of amides is 1. The van der Waals surface area contributed by atoms with Crippen LogP contribution in [0.4, 0.5) is 13.2 Å². The Hall–Kier alpha value is -1.84. The van der Waals surface area contributed by atoms with Gasteiger partial charge in [-0.2, -0.15) is 13.2 Å². The Morgan fingerprint density at radius 3 is 2.63 bits per heavy atom. The van der Waals surface area contributed by atoms with Gasteiger partial charge in [0, 0.05) is 0 Å². The van der Waals surface area contributed by atoms with E-state index < -0.39 is 11.7 Å². The molecule has 2 aromatic rings. The molecule has 3 rings (SSSR count). The molecule has 2 aromatic carbocycles. The number of alkyl halides is 3. The summed E-state index contributed by atoms with van der Waals surface area (Å²) in [5.74, 6) is 0.236. The van der Waals surface area contributed by atoms with E-state index in [2.05, 4.69) is 21.2 Å². The molecule has 0 saturated carbocycles. The predicted octanol–water partition coefficient (Wildman–Crippen LogP) is 5.54. The molecule has 0 unspecified atom stereocenters. The van der Waals surface area contributed by atoms with E-state index in [9.17, 15) is 18.0 Å². The van der Waals surface area contributed by atoms with E-state index in [1.165, 1.54) is 17.8 Å². The second kappa shape index (κ2) is 8.04. The summed E-state index contributed by atoms with van der Waals surface area (Å²) < 4.78 is 44.9. The van der Waals surface area contributed by atoms with Gasteiger partial charge in [0.05, 0.1) is 14.9 Å². The highest BCUT2D eigenvalue weighted by molar-refractivity contribution is 9.10. The van der Waals surface area contributed by atoms with Crippen molar-refractivity contribution in [1.82, 2.24) is 5.32 Å². The third-order valence-corrected chi connectivity index (χ3v) is 5.33. The number of hydrogen-bond acceptors (Lipinski definition) is 4. The third-order valence-electron chi connectivity index (χ3n) is 3.54. The number of benzene rings is 2. The standard InChI is InChI=1S/C18H11BrF3NO2S2/c19-13-7-10(8-15-16(24)23-17(26)27-15)4-5-14(13)25-9-11-2-1-3-12(6-11)18(20,21)22/h1-8H,9H2,(H,23,24,26). The van der Waals surface area contributed by atoms with Gasteiger partial charge < -0.3 is 10.1 Å². The molecule has 27 heavy (non-hydrogen) atoms. The first-order chi connectivity index (χ1) is 12.7. The van der Waals surface area contributed by atoms with E-state index in [-0.39, 0.29) is 12.5 Å². The van der Waals surface area contributed by atoms with Crippen LogP contribution in [-0.4, -0.2) is 10.2 Å². The first kappa shape index (κ1) is 19.9. The SMILES string of the molecule is O=C1NC(=S)SC1=Cc1ccc(OCc2cccc(C(F)(F)F)c2)c(Br)c1. The lowest BCUT2D eigenvalue weighted by Gasteiger charge is -2.11. The summed E-state index contributed by atoms with van der Waals surface area (Å²) in [6.07, 6.45) is -2.70. The molecule has 140 valence electrons. The summed E-state index contributed by atoms with van der Waals surface area (Å²) in [5.41, 5.74) is 0.459. The van der Waals surface area contributed by atoms with E-state index in [0.29, 0.717) is 25.0 Å². The summed E-state index contributed by atoms with van der Waals surface area (Å²) in [7, 11) is 0. The van der Waals surface area contributed by atoms with Crippen molar-refractivity contribution in [3.63, 3.8) is 0 Å². The maximum Gasteiger partial charge on any atom is 0.416 e. The molecule has 1 saturated heterocycles. The minimum Gasteiger partial charge on any atom is -0.488 e. The summed E-state index contributed by atoms with van der Waals surface area (Å²) in [4.78, 5) is 12.2. The van der Waals surface area contributed by atoms with Crippen molar-refractivity contribution >= 4 is 56.2 Å². The van der Waals surface area contributed by atoms with Gasteiger partial charge in [0.2, 0.25) is 0 Å². The molecule has 1 aliphatic rings. The van der Waals surface area contributed by atoms with Gasteiger partial charge in [-0.1, -0.05) is 42.2 Å². The fourth-order valence-electron chi connectivity index (χ4n) is 2.29. The van der Waals surface area contributed by atoms with Gasteiger partial charge >= 0.3 is 6.18 Å². The monoisotopic (exact) mass is 473 g/mol. The number of carbonyl (C=O) groups is 1. The van der Waals surface area contributed by atoms with Gasteiger partial charge in [0.1, 0.15) is 16.7 Å². The number of rotatable bonds is 4. The molecule has 3 nitrogen and oxygen atoms in total. The van der Waals surface area contributed by atoms with Crippen LogP contribution in [0.5, 0.6) is 5.75 Å². The first-order valence-corrected chi connectivity index (χ1v) is 9.57. The Morgan fingerprint density at radius 2 is 2.00 bits per heavy atom. The lowest BCUT2D eigenvalue weighted by Crippen LogP contribution is -2.17. The van der Waals surface area contributed by atoms with Gasteiger partial charge in [0.15, 0.2) is 0 Å². The molecule has 0 atom stereocenters. The van der Waals surface area contributed by atoms with E-state index in [1.54, 1.807) is 30.3 Å². The Kier molecular flexibility index (Phi) is 5.92.